The second-order valence-corrected chi connectivity index (χ2v) is 7.56. The van der Waals surface area contributed by atoms with Gasteiger partial charge in [-0.05, 0) is 24.3 Å². The molecule has 1 heterocycles. The lowest BCUT2D eigenvalue weighted by Gasteiger charge is -2.16. The molecule has 3 aromatic rings. The highest BCUT2D eigenvalue weighted by Gasteiger charge is 2.25. The molecule has 29 heavy (non-hydrogen) atoms. The van der Waals surface area contributed by atoms with Crippen molar-refractivity contribution < 1.29 is 4.92 Å². The van der Waals surface area contributed by atoms with E-state index in [0.29, 0.717) is 21.6 Å². The second-order valence-electron chi connectivity index (χ2n) is 6.51. The predicted molar refractivity (Wildman–Crippen MR) is 116 cm³/mol. The molecule has 1 N–H and O–H groups in total. The fourth-order valence-corrected chi connectivity index (χ4v) is 4.54. The molecule has 7 heteroatoms. The van der Waals surface area contributed by atoms with E-state index in [2.05, 4.69) is 5.32 Å². The minimum absolute atomic E-state index is 0.0680. The maximum Gasteiger partial charge on any atom is 0.281 e. The molecule has 1 aliphatic heterocycles. The molecule has 1 aliphatic carbocycles. The van der Waals surface area contributed by atoms with Gasteiger partial charge in [-0.15, -0.1) is 11.3 Å². The molecule has 0 bridgehead atoms. The zero-order chi connectivity index (χ0) is 20.0. The van der Waals surface area contributed by atoms with E-state index >= 15 is 0 Å². The number of nitrogens with one attached hydrogen (secondary N) is 1. The van der Waals surface area contributed by atoms with Crippen LogP contribution >= 0.6 is 11.3 Å². The van der Waals surface area contributed by atoms with Crippen molar-refractivity contribution in [1.29, 1.82) is 0 Å². The average Bonchev–Trinajstić information content (AvgIpc) is 2.75. The van der Waals surface area contributed by atoms with Gasteiger partial charge in [0.2, 0.25) is 5.43 Å². The number of nitrogens with zero attached hydrogens (tertiary/aromatic N) is 2. The molecule has 0 atom stereocenters. The molecule has 5 rings (SSSR count). The maximum atomic E-state index is 13.4. The van der Waals surface area contributed by atoms with Gasteiger partial charge in [0.1, 0.15) is 11.1 Å². The minimum Gasteiger partial charge on any atom is -0.351 e. The molecule has 0 saturated heterocycles. The number of para-hydroxylation sites is 2. The van der Waals surface area contributed by atoms with Crippen LogP contribution in [0.25, 0.3) is 31.6 Å². The smallest absolute Gasteiger partial charge is 0.281 e. The lowest BCUT2D eigenvalue weighted by atomic mass is 10.0. The van der Waals surface area contributed by atoms with Crippen LogP contribution in [0.15, 0.2) is 77.6 Å². The molecule has 6 nitrogen and oxygen atoms in total. The van der Waals surface area contributed by atoms with Gasteiger partial charge in [0.15, 0.2) is 0 Å². The zero-order valence-corrected chi connectivity index (χ0v) is 15.8. The molecule has 0 saturated carbocycles. The van der Waals surface area contributed by atoms with Crippen molar-refractivity contribution in [2.45, 2.75) is 0 Å². The first-order valence-electron chi connectivity index (χ1n) is 8.88. The van der Waals surface area contributed by atoms with E-state index in [9.17, 15) is 14.9 Å². The Morgan fingerprint density at radius 3 is 2.48 bits per heavy atom. The minimum atomic E-state index is -0.521. The van der Waals surface area contributed by atoms with Crippen molar-refractivity contribution in [3.63, 3.8) is 0 Å². The predicted octanol–water partition coefficient (Wildman–Crippen LogP) is 5.57. The summed E-state index contributed by atoms with van der Waals surface area (Å²) in [5.41, 5.74) is 1.76. The summed E-state index contributed by atoms with van der Waals surface area (Å²) in [4.78, 5) is 29.9. The third kappa shape index (κ3) is 2.79. The Labute approximate surface area is 168 Å². The number of rotatable bonds is 3. The van der Waals surface area contributed by atoms with Crippen molar-refractivity contribution in [1.82, 2.24) is 4.98 Å². The van der Waals surface area contributed by atoms with Gasteiger partial charge in [0, 0.05) is 17.1 Å². The molecule has 0 radical (unpaired) electrons. The van der Waals surface area contributed by atoms with Crippen LogP contribution in [-0.4, -0.2) is 9.91 Å². The Kier molecular flexibility index (Phi) is 3.96. The number of benzene rings is 4. The fourth-order valence-electron chi connectivity index (χ4n) is 3.45. The first-order valence-corrected chi connectivity index (χ1v) is 9.70. The van der Waals surface area contributed by atoms with Gasteiger partial charge in [-0.25, -0.2) is 4.98 Å². The van der Waals surface area contributed by atoms with E-state index < -0.39 is 10.4 Å². The highest BCUT2D eigenvalue weighted by molar-refractivity contribution is 7.22. The summed E-state index contributed by atoms with van der Waals surface area (Å²) < 4.78 is 0.931. The number of fused-ring (bicyclic) bond motifs is 4. The molecule has 2 aliphatic rings. The Balaban J connectivity index is 1.96. The second kappa shape index (κ2) is 6.65. The highest BCUT2D eigenvalue weighted by atomic mass is 32.1. The lowest BCUT2D eigenvalue weighted by molar-refractivity contribution is -0.383. The van der Waals surface area contributed by atoms with Crippen LogP contribution in [0, 0.1) is 10.1 Å². The van der Waals surface area contributed by atoms with Crippen LogP contribution in [0.2, 0.25) is 0 Å². The zero-order valence-electron chi connectivity index (χ0n) is 15.0. The lowest BCUT2D eigenvalue weighted by Crippen LogP contribution is -2.13. The van der Waals surface area contributed by atoms with E-state index in [-0.39, 0.29) is 11.1 Å². The molecule has 0 unspecified atom stereocenters. The van der Waals surface area contributed by atoms with Crippen LogP contribution < -0.4 is 10.7 Å². The third-order valence-electron chi connectivity index (χ3n) is 4.74. The molecular formula is C22H13N3O3S. The molecule has 0 aromatic heterocycles. The largest absolute Gasteiger partial charge is 0.351 e. The summed E-state index contributed by atoms with van der Waals surface area (Å²) >= 11 is 1.45. The third-order valence-corrected chi connectivity index (χ3v) is 5.91. The van der Waals surface area contributed by atoms with Crippen LogP contribution in [0.4, 0.5) is 17.1 Å². The highest BCUT2D eigenvalue weighted by Crippen LogP contribution is 2.41. The van der Waals surface area contributed by atoms with Crippen molar-refractivity contribution in [2.24, 2.45) is 0 Å². The summed E-state index contributed by atoms with van der Waals surface area (Å²) in [6.45, 7) is 0. The summed E-state index contributed by atoms with van der Waals surface area (Å²) in [7, 11) is 0. The van der Waals surface area contributed by atoms with Crippen LogP contribution in [0.1, 0.15) is 0 Å². The maximum absolute atomic E-state index is 13.4. The normalized spacial score (nSPS) is 11.2. The molecule has 3 aromatic carbocycles. The van der Waals surface area contributed by atoms with Crippen LogP contribution in [-0.2, 0) is 0 Å². The number of hydrogen-bond donors (Lipinski definition) is 1. The summed E-state index contributed by atoms with van der Waals surface area (Å²) in [5.74, 6) is 0. The van der Waals surface area contributed by atoms with Gasteiger partial charge in [-0.2, -0.15) is 0 Å². The molecular weight excluding hydrogens is 386 g/mol. The van der Waals surface area contributed by atoms with E-state index in [0.717, 1.165) is 15.9 Å². The van der Waals surface area contributed by atoms with Crippen molar-refractivity contribution in [3.8, 4) is 10.6 Å². The number of hydrogen-bond acceptors (Lipinski definition) is 6. The average molecular weight is 399 g/mol. The molecule has 0 amide bonds. The SMILES string of the molecule is O=c1c(Nc2ccccc2)c2sc3ccccc3nc-2c2cccc([N+](=O)[O-])c12. The van der Waals surface area contributed by atoms with Gasteiger partial charge in [-0.3, -0.25) is 14.9 Å². The van der Waals surface area contributed by atoms with Crippen molar-refractivity contribution in [2.75, 3.05) is 5.32 Å². The molecule has 0 spiro atoms. The number of aromatic nitrogens is 1. The van der Waals surface area contributed by atoms with E-state index in [1.165, 1.54) is 17.4 Å². The summed E-state index contributed by atoms with van der Waals surface area (Å²) in [5, 5.41) is 15.3. The number of nitro groups is 1. The molecule has 0 fully saturated rings. The Morgan fingerprint density at radius 2 is 1.69 bits per heavy atom. The van der Waals surface area contributed by atoms with Crippen molar-refractivity contribution >= 4 is 49.4 Å². The van der Waals surface area contributed by atoms with Gasteiger partial charge in [0.25, 0.3) is 5.69 Å². The number of non-ortho nitro benzene ring substituents is 1. The van der Waals surface area contributed by atoms with Gasteiger partial charge in [-0.1, -0.05) is 42.5 Å². The van der Waals surface area contributed by atoms with Gasteiger partial charge in [0.05, 0.1) is 25.7 Å². The Morgan fingerprint density at radius 1 is 0.931 bits per heavy atom. The number of nitro benzene ring substituents is 1. The van der Waals surface area contributed by atoms with Crippen LogP contribution in [0.3, 0.4) is 0 Å². The summed E-state index contributed by atoms with van der Waals surface area (Å²) in [6, 6.07) is 21.6. The van der Waals surface area contributed by atoms with E-state index in [4.69, 9.17) is 4.98 Å². The van der Waals surface area contributed by atoms with E-state index in [1.807, 2.05) is 54.6 Å². The standard InChI is InChI=1S/C22H13N3O3S/c26-21-18-14(9-6-11-16(18)25(27)28)19-22(20(21)23-13-7-2-1-3-8-13)29-17-12-5-4-10-15(17)24-19/h1-12,23H. The topological polar surface area (TPSA) is 85.1 Å². The van der Waals surface area contributed by atoms with Gasteiger partial charge < -0.3 is 5.32 Å². The first-order chi connectivity index (χ1) is 14.1. The Bertz CT molecular complexity index is 1430. The summed E-state index contributed by atoms with van der Waals surface area (Å²) in [6.07, 6.45) is 0. The first kappa shape index (κ1) is 17.3. The van der Waals surface area contributed by atoms with Crippen molar-refractivity contribution in [3.05, 3.63) is 93.1 Å². The van der Waals surface area contributed by atoms with E-state index in [1.54, 1.807) is 12.1 Å². The van der Waals surface area contributed by atoms with Crippen LogP contribution in [0.5, 0.6) is 0 Å². The van der Waals surface area contributed by atoms with Gasteiger partial charge >= 0.3 is 0 Å². The quantitative estimate of drug-likeness (QED) is 0.186. The fraction of sp³-hybridized carbons (Fsp3) is 0. The number of anilines is 2. The monoisotopic (exact) mass is 399 g/mol. The Hall–Kier alpha value is -3.84. The molecule has 140 valence electrons.